The third-order valence-electron chi connectivity index (χ3n) is 3.24. The molecule has 0 saturated heterocycles. The van der Waals surface area contributed by atoms with Gasteiger partial charge in [-0.15, -0.1) is 5.10 Å². The summed E-state index contributed by atoms with van der Waals surface area (Å²) in [6.45, 7) is 0.491. The van der Waals surface area contributed by atoms with Crippen molar-refractivity contribution >= 4 is 11.6 Å². The number of nitrogens with one attached hydrogen (secondary N) is 1. The summed E-state index contributed by atoms with van der Waals surface area (Å²) in [5.74, 6) is -0.231. The first-order chi connectivity index (χ1) is 11.3. The zero-order valence-corrected chi connectivity index (χ0v) is 12.5. The molecule has 0 bridgehead atoms. The number of aromatic nitrogens is 4. The normalized spacial score (nSPS) is 10.5. The van der Waals surface area contributed by atoms with Gasteiger partial charge in [-0.3, -0.25) is 4.79 Å². The van der Waals surface area contributed by atoms with Crippen LogP contribution in [-0.4, -0.2) is 33.2 Å². The molecule has 0 atom stereocenters. The molecule has 3 rings (SSSR count). The van der Waals surface area contributed by atoms with Gasteiger partial charge in [-0.25, -0.2) is 0 Å². The number of ether oxygens (including phenoxy) is 1. The van der Waals surface area contributed by atoms with E-state index in [1.54, 1.807) is 25.3 Å². The molecule has 0 radical (unpaired) electrons. The topological polar surface area (TPSA) is 81.9 Å². The van der Waals surface area contributed by atoms with E-state index in [1.165, 1.54) is 11.0 Å². The van der Waals surface area contributed by atoms with Crippen LogP contribution in [0.15, 0.2) is 54.9 Å². The Morgan fingerprint density at radius 2 is 2.09 bits per heavy atom. The van der Waals surface area contributed by atoms with E-state index in [9.17, 15) is 4.79 Å². The smallest absolute Gasteiger partial charge is 0.257 e. The van der Waals surface area contributed by atoms with E-state index in [0.29, 0.717) is 23.5 Å². The van der Waals surface area contributed by atoms with Crippen LogP contribution in [0.2, 0.25) is 0 Å². The number of para-hydroxylation sites is 1. The number of benzene rings is 2. The van der Waals surface area contributed by atoms with Gasteiger partial charge in [0.25, 0.3) is 5.91 Å². The van der Waals surface area contributed by atoms with Crippen LogP contribution in [0.3, 0.4) is 0 Å². The lowest BCUT2D eigenvalue weighted by atomic mass is 10.1. The van der Waals surface area contributed by atoms with Gasteiger partial charge >= 0.3 is 0 Å². The molecule has 1 aromatic heterocycles. The van der Waals surface area contributed by atoms with Crippen LogP contribution in [0.5, 0.6) is 0 Å². The largest absolute Gasteiger partial charge is 0.380 e. The van der Waals surface area contributed by atoms with Gasteiger partial charge in [-0.05, 0) is 40.3 Å². The summed E-state index contributed by atoms with van der Waals surface area (Å²) in [5, 5.41) is 13.9. The van der Waals surface area contributed by atoms with Gasteiger partial charge in [0.15, 0.2) is 0 Å². The lowest BCUT2D eigenvalue weighted by Gasteiger charge is -2.10. The number of methoxy groups -OCH3 is 1. The second kappa shape index (κ2) is 6.80. The summed E-state index contributed by atoms with van der Waals surface area (Å²) in [7, 11) is 1.63. The van der Waals surface area contributed by atoms with Gasteiger partial charge in [0, 0.05) is 12.8 Å². The molecular formula is C16H15N5O2. The standard InChI is InChI=1S/C16H15N5O2/c1-23-10-12-5-4-6-13(9-12)18-16(22)14-7-2-3-8-15(14)21-11-17-19-20-21/h2-9,11H,10H2,1H3,(H,18,22). The van der Waals surface area contributed by atoms with Crippen molar-refractivity contribution in [3.8, 4) is 5.69 Å². The molecule has 2 aromatic carbocycles. The van der Waals surface area contributed by atoms with Crippen LogP contribution in [0.4, 0.5) is 5.69 Å². The zero-order chi connectivity index (χ0) is 16.1. The number of tetrazole rings is 1. The monoisotopic (exact) mass is 309 g/mol. The van der Waals surface area contributed by atoms with Crippen LogP contribution < -0.4 is 5.32 Å². The van der Waals surface area contributed by atoms with Crippen molar-refractivity contribution in [1.29, 1.82) is 0 Å². The Kier molecular flexibility index (Phi) is 4.39. The van der Waals surface area contributed by atoms with Crippen LogP contribution in [0.1, 0.15) is 15.9 Å². The maximum Gasteiger partial charge on any atom is 0.257 e. The highest BCUT2D eigenvalue weighted by Gasteiger charge is 2.13. The minimum absolute atomic E-state index is 0.231. The van der Waals surface area contributed by atoms with E-state index in [2.05, 4.69) is 20.8 Å². The number of anilines is 1. The fourth-order valence-electron chi connectivity index (χ4n) is 2.24. The molecule has 0 saturated carbocycles. The third-order valence-corrected chi connectivity index (χ3v) is 3.24. The Labute approximate surface area is 132 Å². The van der Waals surface area contributed by atoms with Crippen molar-refractivity contribution in [1.82, 2.24) is 20.2 Å². The second-order valence-corrected chi connectivity index (χ2v) is 4.86. The number of amides is 1. The average Bonchev–Trinajstić information content (AvgIpc) is 3.10. The van der Waals surface area contributed by atoms with Gasteiger partial charge in [-0.2, -0.15) is 4.68 Å². The van der Waals surface area contributed by atoms with E-state index >= 15 is 0 Å². The van der Waals surface area contributed by atoms with Crippen molar-refractivity contribution in [3.05, 3.63) is 66.0 Å². The van der Waals surface area contributed by atoms with Gasteiger partial charge in [0.2, 0.25) is 0 Å². The van der Waals surface area contributed by atoms with E-state index in [0.717, 1.165) is 5.56 Å². The Balaban J connectivity index is 1.86. The molecule has 7 heteroatoms. The summed E-state index contributed by atoms with van der Waals surface area (Å²) in [5.41, 5.74) is 2.79. The second-order valence-electron chi connectivity index (χ2n) is 4.86. The van der Waals surface area contributed by atoms with Gasteiger partial charge in [-0.1, -0.05) is 24.3 Å². The third kappa shape index (κ3) is 3.41. The highest BCUT2D eigenvalue weighted by molar-refractivity contribution is 6.06. The number of nitrogens with zero attached hydrogens (tertiary/aromatic N) is 4. The highest BCUT2D eigenvalue weighted by Crippen LogP contribution is 2.17. The number of rotatable bonds is 5. The van der Waals surface area contributed by atoms with Crippen LogP contribution in [0, 0.1) is 0 Å². The Morgan fingerprint density at radius 3 is 2.87 bits per heavy atom. The maximum atomic E-state index is 12.6. The van der Waals surface area contributed by atoms with Crippen LogP contribution in [0.25, 0.3) is 5.69 Å². The maximum absolute atomic E-state index is 12.6. The molecular weight excluding hydrogens is 294 g/mol. The van der Waals surface area contributed by atoms with E-state index < -0.39 is 0 Å². The van der Waals surface area contributed by atoms with Gasteiger partial charge in [0.1, 0.15) is 6.33 Å². The number of carbonyl (C=O) groups excluding carboxylic acids is 1. The summed E-state index contributed by atoms with van der Waals surface area (Å²) in [6, 6.07) is 14.7. The molecule has 3 aromatic rings. The fourth-order valence-corrected chi connectivity index (χ4v) is 2.24. The van der Waals surface area contributed by atoms with Gasteiger partial charge in [0.05, 0.1) is 17.9 Å². The molecule has 0 aliphatic heterocycles. The average molecular weight is 309 g/mol. The molecule has 0 unspecified atom stereocenters. The lowest BCUT2D eigenvalue weighted by molar-refractivity contribution is 0.102. The molecule has 23 heavy (non-hydrogen) atoms. The van der Waals surface area contributed by atoms with Crippen LogP contribution >= 0.6 is 0 Å². The lowest BCUT2D eigenvalue weighted by Crippen LogP contribution is -2.15. The molecule has 7 nitrogen and oxygen atoms in total. The van der Waals surface area contributed by atoms with E-state index in [-0.39, 0.29) is 5.91 Å². The first-order valence-electron chi connectivity index (χ1n) is 6.99. The minimum atomic E-state index is -0.231. The summed E-state index contributed by atoms with van der Waals surface area (Å²) in [6.07, 6.45) is 1.45. The fraction of sp³-hybridized carbons (Fsp3) is 0.125. The number of hydrogen-bond donors (Lipinski definition) is 1. The summed E-state index contributed by atoms with van der Waals surface area (Å²) in [4.78, 5) is 12.6. The Morgan fingerprint density at radius 1 is 1.22 bits per heavy atom. The zero-order valence-electron chi connectivity index (χ0n) is 12.5. The Hall–Kier alpha value is -3.06. The van der Waals surface area contributed by atoms with Gasteiger partial charge < -0.3 is 10.1 Å². The van der Waals surface area contributed by atoms with Crippen molar-refractivity contribution in [2.24, 2.45) is 0 Å². The van der Waals surface area contributed by atoms with E-state index in [1.807, 2.05) is 30.3 Å². The van der Waals surface area contributed by atoms with Crippen molar-refractivity contribution in [2.45, 2.75) is 6.61 Å². The summed E-state index contributed by atoms with van der Waals surface area (Å²) >= 11 is 0. The first-order valence-corrected chi connectivity index (χ1v) is 6.99. The predicted molar refractivity (Wildman–Crippen MR) is 84.3 cm³/mol. The van der Waals surface area contributed by atoms with Crippen LogP contribution in [-0.2, 0) is 11.3 Å². The molecule has 0 aliphatic rings. The summed E-state index contributed by atoms with van der Waals surface area (Å²) < 4.78 is 6.56. The molecule has 0 spiro atoms. The number of carbonyl (C=O) groups is 1. The SMILES string of the molecule is COCc1cccc(NC(=O)c2ccccc2-n2cnnn2)c1. The van der Waals surface area contributed by atoms with Crippen molar-refractivity contribution in [2.75, 3.05) is 12.4 Å². The Bertz CT molecular complexity index is 802. The number of hydrogen-bond acceptors (Lipinski definition) is 5. The minimum Gasteiger partial charge on any atom is -0.380 e. The highest BCUT2D eigenvalue weighted by atomic mass is 16.5. The first kappa shape index (κ1) is 14.9. The molecule has 1 heterocycles. The molecule has 116 valence electrons. The molecule has 1 N–H and O–H groups in total. The molecule has 0 aliphatic carbocycles. The quantitative estimate of drug-likeness (QED) is 0.780. The van der Waals surface area contributed by atoms with Crippen molar-refractivity contribution in [3.63, 3.8) is 0 Å². The molecule has 1 amide bonds. The molecule has 0 fully saturated rings. The van der Waals surface area contributed by atoms with E-state index in [4.69, 9.17) is 4.74 Å². The van der Waals surface area contributed by atoms with Crippen molar-refractivity contribution < 1.29 is 9.53 Å². The predicted octanol–water partition coefficient (Wildman–Crippen LogP) is 2.06.